The zero-order chi connectivity index (χ0) is 21.0. The Morgan fingerprint density at radius 2 is 1.83 bits per heavy atom. The molecule has 4 atom stereocenters. The Balaban J connectivity index is 1.86. The molecule has 3 rings (SSSR count). The van der Waals surface area contributed by atoms with Crippen LogP contribution in [0.2, 0.25) is 0 Å². The van der Waals surface area contributed by atoms with Gasteiger partial charge in [-0.05, 0) is 42.0 Å². The minimum atomic E-state index is -1.14. The average Bonchev–Trinajstić information content (AvgIpc) is 2.75. The zero-order valence-corrected chi connectivity index (χ0v) is 16.1. The van der Waals surface area contributed by atoms with Gasteiger partial charge in [0.25, 0.3) is 0 Å². The van der Waals surface area contributed by atoms with Crippen molar-refractivity contribution in [3.05, 3.63) is 53.6 Å². The molecule has 0 saturated carbocycles. The van der Waals surface area contributed by atoms with E-state index in [4.69, 9.17) is 14.2 Å². The van der Waals surface area contributed by atoms with Crippen molar-refractivity contribution in [1.82, 2.24) is 0 Å². The van der Waals surface area contributed by atoms with Gasteiger partial charge in [-0.2, -0.15) is 0 Å². The zero-order valence-electron chi connectivity index (χ0n) is 16.1. The molecule has 0 amide bonds. The van der Waals surface area contributed by atoms with Crippen molar-refractivity contribution >= 4 is 5.97 Å². The summed E-state index contributed by atoms with van der Waals surface area (Å²) >= 11 is 0. The summed E-state index contributed by atoms with van der Waals surface area (Å²) in [5.74, 6) is 0.839. The Labute approximate surface area is 168 Å². The first-order valence-electron chi connectivity index (χ1n) is 9.13. The van der Waals surface area contributed by atoms with Crippen LogP contribution < -0.4 is 9.47 Å². The van der Waals surface area contributed by atoms with E-state index in [1.54, 1.807) is 42.5 Å². The van der Waals surface area contributed by atoms with Crippen LogP contribution in [0, 0.1) is 0 Å². The third kappa shape index (κ3) is 4.68. The summed E-state index contributed by atoms with van der Waals surface area (Å²) in [5, 5.41) is 29.8. The summed E-state index contributed by atoms with van der Waals surface area (Å²) < 4.78 is 21.6. The Bertz CT molecular complexity index is 835. The molecule has 156 valence electrons. The summed E-state index contributed by atoms with van der Waals surface area (Å²) in [5.41, 5.74) is 0.958. The van der Waals surface area contributed by atoms with E-state index in [-0.39, 0.29) is 13.0 Å². The molecule has 1 saturated heterocycles. The Hall–Kier alpha value is -2.65. The van der Waals surface area contributed by atoms with Crippen LogP contribution in [0.1, 0.15) is 28.4 Å². The lowest BCUT2D eigenvalue weighted by Gasteiger charge is -2.37. The molecule has 1 aliphatic heterocycles. The van der Waals surface area contributed by atoms with Gasteiger partial charge in [-0.15, -0.1) is 0 Å². The number of carbonyl (C=O) groups excluding carboxylic acids is 1. The fraction of sp³-hybridized carbons (Fsp3) is 0.381. The van der Waals surface area contributed by atoms with E-state index in [1.807, 2.05) is 0 Å². The number of carbonyl (C=O) groups is 1. The number of esters is 1. The maximum Gasteiger partial charge on any atom is 0.337 e. The lowest BCUT2D eigenvalue weighted by molar-refractivity contribution is -0.179. The number of hydrogen-bond donors (Lipinski definition) is 3. The van der Waals surface area contributed by atoms with Crippen molar-refractivity contribution in [2.24, 2.45) is 0 Å². The quantitative estimate of drug-likeness (QED) is 0.625. The van der Waals surface area contributed by atoms with Crippen LogP contribution in [-0.4, -0.2) is 60.4 Å². The second-order valence-electron chi connectivity index (χ2n) is 6.68. The molecule has 2 aromatic rings. The predicted molar refractivity (Wildman–Crippen MR) is 102 cm³/mol. The standard InChI is InChI=1S/C21H24O8/c1-26-17-8-5-13(20-19(24)16(23)10-15(11-22)29-20)9-18(17)28-14-6-3-12(4-7-14)21(25)27-2/h3-9,15-16,19-20,22-24H,10-11H2,1-2H3/t15-,16-,19-,20+/m0/s1. The maximum atomic E-state index is 11.6. The third-order valence-corrected chi connectivity index (χ3v) is 4.77. The molecular weight excluding hydrogens is 380 g/mol. The highest BCUT2D eigenvalue weighted by atomic mass is 16.5. The van der Waals surface area contributed by atoms with Gasteiger partial charge in [-0.1, -0.05) is 6.07 Å². The van der Waals surface area contributed by atoms with Gasteiger partial charge in [0.05, 0.1) is 38.6 Å². The van der Waals surface area contributed by atoms with E-state index < -0.39 is 30.4 Å². The molecule has 0 aliphatic carbocycles. The number of aliphatic hydroxyl groups is 3. The Morgan fingerprint density at radius 3 is 2.45 bits per heavy atom. The molecule has 8 heteroatoms. The molecule has 1 aliphatic rings. The normalized spacial score (nSPS) is 24.0. The molecule has 3 N–H and O–H groups in total. The van der Waals surface area contributed by atoms with Crippen molar-refractivity contribution in [2.75, 3.05) is 20.8 Å². The second-order valence-corrected chi connectivity index (χ2v) is 6.68. The molecule has 2 aromatic carbocycles. The van der Waals surface area contributed by atoms with Gasteiger partial charge in [-0.3, -0.25) is 0 Å². The molecule has 8 nitrogen and oxygen atoms in total. The van der Waals surface area contributed by atoms with Gasteiger partial charge >= 0.3 is 5.97 Å². The highest BCUT2D eigenvalue weighted by Crippen LogP contribution is 2.38. The van der Waals surface area contributed by atoms with Gasteiger partial charge in [-0.25, -0.2) is 4.79 Å². The summed E-state index contributed by atoms with van der Waals surface area (Å²) in [4.78, 5) is 11.6. The SMILES string of the molecule is COC(=O)c1ccc(Oc2cc([C@H]3O[C@H](CO)C[C@H](O)[C@@H]3O)ccc2OC)cc1. The van der Waals surface area contributed by atoms with E-state index in [9.17, 15) is 20.1 Å². The number of benzene rings is 2. The van der Waals surface area contributed by atoms with E-state index in [0.717, 1.165) is 0 Å². The van der Waals surface area contributed by atoms with Crippen LogP contribution in [0.5, 0.6) is 17.2 Å². The van der Waals surface area contributed by atoms with E-state index in [1.165, 1.54) is 14.2 Å². The van der Waals surface area contributed by atoms with Crippen LogP contribution in [0.4, 0.5) is 0 Å². The first-order chi connectivity index (χ1) is 14.0. The summed E-state index contributed by atoms with van der Waals surface area (Å²) in [6.45, 7) is -0.258. The highest BCUT2D eigenvalue weighted by molar-refractivity contribution is 5.89. The number of aliphatic hydroxyl groups excluding tert-OH is 3. The molecular formula is C21H24O8. The molecule has 0 aromatic heterocycles. The minimum Gasteiger partial charge on any atom is -0.493 e. The predicted octanol–water partition coefficient (Wildman–Crippen LogP) is 1.82. The Kier molecular flexibility index (Phi) is 6.71. The van der Waals surface area contributed by atoms with Crippen LogP contribution in [0.25, 0.3) is 0 Å². The fourth-order valence-corrected chi connectivity index (χ4v) is 3.20. The first kappa shape index (κ1) is 21.1. The van der Waals surface area contributed by atoms with Crippen LogP contribution >= 0.6 is 0 Å². The van der Waals surface area contributed by atoms with Gasteiger partial charge < -0.3 is 34.3 Å². The van der Waals surface area contributed by atoms with Crippen LogP contribution in [0.3, 0.4) is 0 Å². The van der Waals surface area contributed by atoms with Gasteiger partial charge in [0.2, 0.25) is 0 Å². The van der Waals surface area contributed by atoms with Gasteiger partial charge in [0.15, 0.2) is 11.5 Å². The topological polar surface area (TPSA) is 115 Å². The minimum absolute atomic E-state index is 0.153. The smallest absolute Gasteiger partial charge is 0.337 e. The average molecular weight is 404 g/mol. The summed E-state index contributed by atoms with van der Waals surface area (Å²) in [6, 6.07) is 11.4. The third-order valence-electron chi connectivity index (χ3n) is 4.77. The van der Waals surface area contributed by atoms with E-state index >= 15 is 0 Å². The second kappa shape index (κ2) is 9.23. The van der Waals surface area contributed by atoms with Crippen molar-refractivity contribution in [3.63, 3.8) is 0 Å². The lowest BCUT2D eigenvalue weighted by atomic mass is 9.93. The van der Waals surface area contributed by atoms with E-state index in [2.05, 4.69) is 4.74 Å². The number of hydrogen-bond acceptors (Lipinski definition) is 8. The Morgan fingerprint density at radius 1 is 1.10 bits per heavy atom. The molecule has 0 spiro atoms. The number of methoxy groups -OCH3 is 2. The molecule has 29 heavy (non-hydrogen) atoms. The monoisotopic (exact) mass is 404 g/mol. The fourth-order valence-electron chi connectivity index (χ4n) is 3.20. The molecule has 0 unspecified atom stereocenters. The lowest BCUT2D eigenvalue weighted by Crippen LogP contribution is -2.44. The largest absolute Gasteiger partial charge is 0.493 e. The summed E-state index contributed by atoms with van der Waals surface area (Å²) in [7, 11) is 2.81. The maximum absolute atomic E-state index is 11.6. The molecule has 1 heterocycles. The first-order valence-corrected chi connectivity index (χ1v) is 9.13. The van der Waals surface area contributed by atoms with Gasteiger partial charge in [0.1, 0.15) is 18.0 Å². The summed E-state index contributed by atoms with van der Waals surface area (Å²) in [6.07, 6.45) is -3.40. The van der Waals surface area contributed by atoms with Crippen LogP contribution in [0.15, 0.2) is 42.5 Å². The number of rotatable bonds is 6. The van der Waals surface area contributed by atoms with Crippen molar-refractivity contribution < 1.29 is 39.1 Å². The van der Waals surface area contributed by atoms with Gasteiger partial charge in [0, 0.05) is 6.42 Å². The number of ether oxygens (including phenoxy) is 4. The molecule has 1 fully saturated rings. The van der Waals surface area contributed by atoms with Crippen molar-refractivity contribution in [1.29, 1.82) is 0 Å². The van der Waals surface area contributed by atoms with E-state index in [0.29, 0.717) is 28.4 Å². The highest BCUT2D eigenvalue weighted by Gasteiger charge is 2.37. The molecule has 0 radical (unpaired) electrons. The van der Waals surface area contributed by atoms with Crippen molar-refractivity contribution in [2.45, 2.75) is 30.8 Å². The molecule has 0 bridgehead atoms. The van der Waals surface area contributed by atoms with Crippen molar-refractivity contribution in [3.8, 4) is 17.2 Å². The van der Waals surface area contributed by atoms with Crippen LogP contribution in [-0.2, 0) is 9.47 Å².